The predicted molar refractivity (Wildman–Crippen MR) is 284 cm³/mol. The van der Waals surface area contributed by atoms with Crippen molar-refractivity contribution in [2.45, 2.75) is 243 Å². The van der Waals surface area contributed by atoms with Crippen molar-refractivity contribution in [3.8, 4) is 0 Å². The quantitative estimate of drug-likeness (QED) is 0.0768. The van der Waals surface area contributed by atoms with Gasteiger partial charge in [0.1, 0.15) is 122 Å². The Morgan fingerprint density at radius 2 is 0.589 bits per heavy atom. The van der Waals surface area contributed by atoms with Crippen LogP contribution in [0.25, 0.3) is 0 Å². The fourth-order valence-corrected chi connectivity index (χ4v) is 9.91. The van der Waals surface area contributed by atoms with E-state index in [-0.39, 0.29) is 18.8 Å². The first-order chi connectivity index (χ1) is 42.4. The molecule has 7 aliphatic heterocycles. The first kappa shape index (κ1) is 79.7. The molecule has 3 fully saturated rings. The summed E-state index contributed by atoms with van der Waals surface area (Å²) in [6, 6.07) is 0. The normalized spacial score (nSPS) is 45.5. The van der Waals surface area contributed by atoms with Crippen LogP contribution in [-0.4, -0.2) is 380 Å². The Morgan fingerprint density at radius 1 is 0.278 bits per heavy atom. The standard InChI is InChI=1S/C51H92O39/c1-16(2)3-4-17-25(59)33(67)44(75)80-18(5-9-52)26(60)34(68)45(76)81-19(6-10-53)27(61)35(69)46(77)82-20(7-11-54)28(62)36(70)47(78)88-41-22(13-56)85-50(38(72)30(41)64)84-21(8-12-55)29(63)37(71)48(79)89-42-23(14-57)87-51(40(74)31(42)65)90-43-24(15-58)86-49(83-17)39(73)32(43)66/h16-24,26-27,29-32,34-35,37-79H,3-15H2,1-2H3/b33-25?,36-28+. The third-order valence-corrected chi connectivity index (χ3v) is 15.2. The van der Waals surface area contributed by atoms with E-state index in [1.54, 1.807) is 13.8 Å². The average Bonchev–Trinajstić information content (AvgIpc) is 0.837. The highest BCUT2D eigenvalue weighted by Gasteiger charge is 2.54. The summed E-state index contributed by atoms with van der Waals surface area (Å²) in [6.07, 6.45) is -74.2. The van der Waals surface area contributed by atoms with Crippen LogP contribution in [0.15, 0.2) is 23.0 Å². The number of ether oxygens (including phenoxy) is 11. The second kappa shape index (κ2) is 37.5. The van der Waals surface area contributed by atoms with Crippen LogP contribution in [0.2, 0.25) is 0 Å². The van der Waals surface area contributed by atoms with Gasteiger partial charge in [0.05, 0.1) is 38.1 Å². The van der Waals surface area contributed by atoms with E-state index < -0.39 is 286 Å². The van der Waals surface area contributed by atoms with Gasteiger partial charge in [-0.05, 0) is 38.0 Å². The molecule has 90 heavy (non-hydrogen) atoms. The van der Waals surface area contributed by atoms with Crippen molar-refractivity contribution in [3.05, 3.63) is 23.0 Å². The summed E-state index contributed by atoms with van der Waals surface area (Å²) >= 11 is 0. The topological polar surface area (TPSA) is 668 Å². The number of fused-ring (bicyclic) bond motifs is 3. The lowest BCUT2D eigenvalue weighted by molar-refractivity contribution is -0.372. The van der Waals surface area contributed by atoms with E-state index in [4.69, 9.17) is 52.1 Å². The molecule has 39 nitrogen and oxygen atoms in total. The fraction of sp³-hybridized carbons (Fsp3) is 0.922. The summed E-state index contributed by atoms with van der Waals surface area (Å²) in [6.45, 7) is -3.75. The van der Waals surface area contributed by atoms with Gasteiger partial charge in [-0.1, -0.05) is 13.8 Å². The third kappa shape index (κ3) is 20.4. The largest absolute Gasteiger partial charge is 0.506 e. The molecule has 7 heterocycles. The van der Waals surface area contributed by atoms with Crippen molar-refractivity contribution in [1.82, 2.24) is 0 Å². The zero-order valence-corrected chi connectivity index (χ0v) is 48.7. The molecular weight excluding hydrogens is 1240 g/mol. The van der Waals surface area contributed by atoms with Crippen molar-refractivity contribution < 1.29 is 195 Å². The molecule has 31 atom stereocenters. The summed E-state index contributed by atoms with van der Waals surface area (Å²) in [5, 5.41) is 303. The zero-order valence-electron chi connectivity index (χ0n) is 48.7. The Balaban J connectivity index is 1.76. The van der Waals surface area contributed by atoms with E-state index in [0.717, 1.165) is 0 Å². The predicted octanol–water partition coefficient (Wildman–Crippen LogP) is -12.2. The second-order valence-electron chi connectivity index (χ2n) is 22.1. The summed E-state index contributed by atoms with van der Waals surface area (Å²) in [5.41, 5.74) is 0. The maximum Gasteiger partial charge on any atom is 0.218 e. The number of hydrogen-bond acceptors (Lipinski definition) is 39. The Hall–Kier alpha value is -2.72. The molecule has 0 amide bonds. The molecule has 0 radical (unpaired) electrons. The molecule has 0 aromatic rings. The van der Waals surface area contributed by atoms with Crippen LogP contribution in [0.3, 0.4) is 0 Å². The van der Waals surface area contributed by atoms with E-state index >= 15 is 0 Å². The lowest BCUT2D eigenvalue weighted by Gasteiger charge is -2.47. The highest BCUT2D eigenvalue weighted by Crippen LogP contribution is 2.35. The van der Waals surface area contributed by atoms with Gasteiger partial charge in [-0.25, -0.2) is 0 Å². The SMILES string of the molecule is CC(C)CCC1OC2OC(CO)C(OC3OC(CO)C(OC(O)C(O)C(O)C(CCO)OC4OC(CO)C(OC(O)/C(O)=C(\O)C(CCO)OC(O)C(O)C(O)C(CCO)OC(O)C(O)C(O)C(CCO)OC(O)C(O)=C1O)C(O)C4O)C(O)C3O)C(O)C2O. The smallest absolute Gasteiger partial charge is 0.218 e. The summed E-state index contributed by atoms with van der Waals surface area (Å²) in [4.78, 5) is 0. The van der Waals surface area contributed by atoms with E-state index in [9.17, 15) is 143 Å². The first-order valence-electron chi connectivity index (χ1n) is 28.7. The van der Waals surface area contributed by atoms with E-state index in [0.29, 0.717) is 0 Å². The minimum atomic E-state index is -2.82. The van der Waals surface area contributed by atoms with Gasteiger partial charge < -0.3 is 195 Å². The van der Waals surface area contributed by atoms with Gasteiger partial charge in [0.25, 0.3) is 0 Å². The number of hydrogen-bond donors (Lipinski definition) is 28. The van der Waals surface area contributed by atoms with Crippen LogP contribution in [0.5, 0.6) is 0 Å². The number of aliphatic hydroxyl groups excluding tert-OH is 28. The molecule has 7 rings (SSSR count). The van der Waals surface area contributed by atoms with E-state index in [1.807, 2.05) is 0 Å². The molecule has 0 spiro atoms. The van der Waals surface area contributed by atoms with Crippen LogP contribution in [0.4, 0.5) is 0 Å². The molecule has 3 saturated heterocycles. The van der Waals surface area contributed by atoms with E-state index in [2.05, 4.69) is 0 Å². The molecule has 7 aliphatic rings. The monoisotopic (exact) mass is 1330 g/mol. The van der Waals surface area contributed by atoms with Crippen LogP contribution < -0.4 is 0 Å². The molecule has 530 valence electrons. The summed E-state index contributed by atoms with van der Waals surface area (Å²) in [5.74, 6) is -6.08. The van der Waals surface area contributed by atoms with Crippen LogP contribution >= 0.6 is 0 Å². The van der Waals surface area contributed by atoms with Gasteiger partial charge in [-0.3, -0.25) is 0 Å². The first-order valence-corrected chi connectivity index (χ1v) is 28.7. The lowest BCUT2D eigenvalue weighted by Crippen LogP contribution is -2.65. The zero-order chi connectivity index (χ0) is 67.8. The molecule has 28 N–H and O–H groups in total. The fourth-order valence-electron chi connectivity index (χ4n) is 9.91. The van der Waals surface area contributed by atoms with Crippen LogP contribution in [0, 0.1) is 5.92 Å². The maximum atomic E-state index is 11.4. The Bertz CT molecular complexity index is 2100. The van der Waals surface area contributed by atoms with Crippen molar-refractivity contribution in [2.75, 3.05) is 46.2 Å². The van der Waals surface area contributed by atoms with Gasteiger partial charge in [0.2, 0.25) is 12.6 Å². The number of rotatable bonds is 14. The van der Waals surface area contributed by atoms with Crippen LogP contribution in [0.1, 0.15) is 52.4 Å². The third-order valence-electron chi connectivity index (χ3n) is 15.2. The highest BCUT2D eigenvalue weighted by atomic mass is 16.8. The summed E-state index contributed by atoms with van der Waals surface area (Å²) in [7, 11) is 0. The van der Waals surface area contributed by atoms with Gasteiger partial charge in [-0.15, -0.1) is 0 Å². The van der Waals surface area contributed by atoms with Gasteiger partial charge in [0, 0.05) is 32.8 Å². The van der Waals surface area contributed by atoms with Crippen molar-refractivity contribution in [3.63, 3.8) is 0 Å². The molecule has 39 heteroatoms. The molecule has 6 bridgehead atoms. The minimum Gasteiger partial charge on any atom is -0.506 e. The van der Waals surface area contributed by atoms with Gasteiger partial charge >= 0.3 is 0 Å². The molecular formula is C51H92O39. The minimum absolute atomic E-state index is 0.131. The Kier molecular flexibility index (Phi) is 33.3. The molecule has 0 aliphatic carbocycles. The molecule has 0 aromatic carbocycles. The maximum absolute atomic E-state index is 11.4. The molecule has 0 saturated carbocycles. The Morgan fingerprint density at radius 3 is 0.989 bits per heavy atom. The lowest BCUT2D eigenvalue weighted by atomic mass is 9.96. The molecule has 0 aromatic heterocycles. The highest BCUT2D eigenvalue weighted by molar-refractivity contribution is 5.09. The second-order valence-corrected chi connectivity index (χ2v) is 22.1. The summed E-state index contributed by atoms with van der Waals surface area (Å²) < 4.78 is 59.9. The van der Waals surface area contributed by atoms with Gasteiger partial charge in [0.15, 0.2) is 60.8 Å². The number of aliphatic hydroxyl groups is 28. The van der Waals surface area contributed by atoms with Crippen molar-refractivity contribution in [1.29, 1.82) is 0 Å². The van der Waals surface area contributed by atoms with Crippen molar-refractivity contribution >= 4 is 0 Å². The molecule has 31 unspecified atom stereocenters. The van der Waals surface area contributed by atoms with Crippen molar-refractivity contribution in [2.24, 2.45) is 5.92 Å². The van der Waals surface area contributed by atoms with E-state index in [1.165, 1.54) is 0 Å². The van der Waals surface area contributed by atoms with Gasteiger partial charge in [-0.2, -0.15) is 0 Å². The van der Waals surface area contributed by atoms with Crippen LogP contribution in [-0.2, 0) is 52.1 Å². The average molecular weight is 1330 g/mol. The Labute approximate surface area is 512 Å².